The summed E-state index contributed by atoms with van der Waals surface area (Å²) in [6.07, 6.45) is -1.24. The number of benzene rings is 1. The van der Waals surface area contributed by atoms with E-state index in [4.69, 9.17) is 4.74 Å². The van der Waals surface area contributed by atoms with Gasteiger partial charge in [-0.2, -0.15) is 0 Å². The fraction of sp³-hybridized carbons (Fsp3) is 0.389. The number of hydrogen-bond donors (Lipinski definition) is 4. The van der Waals surface area contributed by atoms with Gasteiger partial charge in [-0.25, -0.2) is 15.0 Å². The highest BCUT2D eigenvalue weighted by Gasteiger charge is 2.44. The van der Waals surface area contributed by atoms with Crippen LogP contribution in [0.4, 0.5) is 5.82 Å². The Morgan fingerprint density at radius 2 is 2.04 bits per heavy atom. The van der Waals surface area contributed by atoms with Crippen molar-refractivity contribution in [3.63, 3.8) is 0 Å². The highest BCUT2D eigenvalue weighted by molar-refractivity contribution is 5.82. The second-order valence-electron chi connectivity index (χ2n) is 6.62. The van der Waals surface area contributed by atoms with Crippen LogP contribution in [-0.4, -0.2) is 59.8 Å². The lowest BCUT2D eigenvalue weighted by atomic mass is 10.1. The molecule has 1 aliphatic rings. The third-order valence-electron chi connectivity index (χ3n) is 4.69. The second kappa shape index (κ2) is 7.20. The first-order chi connectivity index (χ1) is 13.1. The average Bonchev–Trinajstić information content (AvgIpc) is 3.22. The number of aromatic nitrogens is 4. The molecule has 1 aromatic carbocycles. The number of nitrogens with zero attached hydrogens (tertiary/aromatic N) is 4. The number of ether oxygens (including phenoxy) is 1. The van der Waals surface area contributed by atoms with E-state index in [2.05, 4.69) is 26.3 Å². The number of aliphatic hydroxyl groups is 3. The fourth-order valence-corrected chi connectivity index (χ4v) is 3.29. The largest absolute Gasteiger partial charge is 0.394 e. The molecule has 0 radical (unpaired) electrons. The van der Waals surface area contributed by atoms with Gasteiger partial charge in [0.25, 0.3) is 0 Å². The maximum absolute atomic E-state index is 10.2. The molecule has 0 amide bonds. The van der Waals surface area contributed by atoms with Crippen molar-refractivity contribution in [2.24, 2.45) is 0 Å². The van der Waals surface area contributed by atoms with Crippen LogP contribution in [0.25, 0.3) is 11.2 Å². The van der Waals surface area contributed by atoms with Crippen molar-refractivity contribution in [2.45, 2.75) is 38.0 Å². The van der Waals surface area contributed by atoms with Gasteiger partial charge in [-0.1, -0.05) is 29.8 Å². The van der Waals surface area contributed by atoms with Crippen LogP contribution in [0.3, 0.4) is 0 Å². The molecule has 1 aliphatic heterocycles. The fourth-order valence-electron chi connectivity index (χ4n) is 3.29. The molecule has 142 valence electrons. The van der Waals surface area contributed by atoms with Gasteiger partial charge in [-0.3, -0.25) is 4.57 Å². The molecule has 0 aliphatic carbocycles. The molecule has 0 bridgehead atoms. The summed E-state index contributed by atoms with van der Waals surface area (Å²) in [6.45, 7) is 2.23. The monoisotopic (exact) mass is 371 g/mol. The number of imidazole rings is 1. The zero-order valence-electron chi connectivity index (χ0n) is 14.7. The summed E-state index contributed by atoms with van der Waals surface area (Å²) in [6, 6.07) is 8.15. The van der Waals surface area contributed by atoms with Crippen molar-refractivity contribution in [3.05, 3.63) is 48.0 Å². The predicted octanol–water partition coefficient (Wildman–Crippen LogP) is 0.358. The first kappa shape index (κ1) is 17.8. The van der Waals surface area contributed by atoms with Crippen molar-refractivity contribution >= 4 is 17.0 Å². The van der Waals surface area contributed by atoms with Gasteiger partial charge in [0.1, 0.15) is 24.6 Å². The van der Waals surface area contributed by atoms with Gasteiger partial charge in [0.2, 0.25) is 0 Å². The molecule has 4 N–H and O–H groups in total. The number of aliphatic hydroxyl groups excluding tert-OH is 3. The molecule has 0 spiro atoms. The molecule has 4 atom stereocenters. The van der Waals surface area contributed by atoms with E-state index in [0.717, 1.165) is 5.56 Å². The summed E-state index contributed by atoms with van der Waals surface area (Å²) in [5, 5.41) is 32.7. The van der Waals surface area contributed by atoms with Crippen molar-refractivity contribution in [1.82, 2.24) is 19.5 Å². The lowest BCUT2D eigenvalue weighted by molar-refractivity contribution is -0.0511. The van der Waals surface area contributed by atoms with Gasteiger partial charge in [0, 0.05) is 6.54 Å². The van der Waals surface area contributed by atoms with Gasteiger partial charge in [-0.05, 0) is 12.5 Å². The van der Waals surface area contributed by atoms with Crippen molar-refractivity contribution in [1.29, 1.82) is 0 Å². The molecule has 2 aromatic heterocycles. The normalized spacial score (nSPS) is 25.2. The highest BCUT2D eigenvalue weighted by Crippen LogP contribution is 2.32. The molecule has 1 fully saturated rings. The summed E-state index contributed by atoms with van der Waals surface area (Å²) in [5.41, 5.74) is 3.29. The van der Waals surface area contributed by atoms with Crippen molar-refractivity contribution in [3.8, 4) is 0 Å². The van der Waals surface area contributed by atoms with Gasteiger partial charge in [-0.15, -0.1) is 0 Å². The molecule has 9 heteroatoms. The molecular formula is C18H21N5O4. The minimum atomic E-state index is -1.20. The molecular weight excluding hydrogens is 350 g/mol. The summed E-state index contributed by atoms with van der Waals surface area (Å²) < 4.78 is 7.10. The van der Waals surface area contributed by atoms with E-state index in [1.165, 1.54) is 18.2 Å². The number of rotatable bonds is 5. The lowest BCUT2D eigenvalue weighted by Crippen LogP contribution is -2.33. The number of hydrogen-bond acceptors (Lipinski definition) is 8. The molecule has 27 heavy (non-hydrogen) atoms. The molecule has 4 rings (SSSR count). The van der Waals surface area contributed by atoms with E-state index in [-0.39, 0.29) is 6.61 Å². The quantitative estimate of drug-likeness (QED) is 0.507. The van der Waals surface area contributed by atoms with E-state index in [0.29, 0.717) is 23.5 Å². The van der Waals surface area contributed by atoms with Gasteiger partial charge in [0.15, 0.2) is 23.2 Å². The Morgan fingerprint density at radius 3 is 2.78 bits per heavy atom. The van der Waals surface area contributed by atoms with Crippen LogP contribution in [0.2, 0.25) is 0 Å². The Labute approximate surface area is 155 Å². The predicted molar refractivity (Wildman–Crippen MR) is 96.8 cm³/mol. The van der Waals surface area contributed by atoms with Crippen LogP contribution in [0, 0.1) is 6.92 Å². The molecule has 0 saturated carbocycles. The Balaban J connectivity index is 1.60. The van der Waals surface area contributed by atoms with Crippen LogP contribution >= 0.6 is 0 Å². The maximum Gasteiger partial charge on any atom is 0.167 e. The van der Waals surface area contributed by atoms with Crippen LogP contribution in [-0.2, 0) is 11.3 Å². The van der Waals surface area contributed by atoms with Crippen molar-refractivity contribution < 1.29 is 20.1 Å². The second-order valence-corrected chi connectivity index (χ2v) is 6.62. The van der Waals surface area contributed by atoms with Gasteiger partial charge < -0.3 is 25.4 Å². The Hall–Kier alpha value is -2.59. The Kier molecular flexibility index (Phi) is 4.75. The zero-order chi connectivity index (χ0) is 19.0. The first-order valence-corrected chi connectivity index (χ1v) is 8.68. The number of nitrogens with one attached hydrogen (secondary N) is 1. The van der Waals surface area contributed by atoms with Gasteiger partial charge >= 0.3 is 0 Å². The number of fused-ring (bicyclic) bond motifs is 1. The number of anilines is 1. The van der Waals surface area contributed by atoms with Crippen LogP contribution in [0.5, 0.6) is 0 Å². The topological polar surface area (TPSA) is 126 Å². The molecule has 1 unspecified atom stereocenters. The summed E-state index contributed by atoms with van der Waals surface area (Å²) in [7, 11) is 0. The van der Waals surface area contributed by atoms with Crippen LogP contribution in [0.1, 0.15) is 17.4 Å². The highest BCUT2D eigenvalue weighted by atomic mass is 16.6. The van der Waals surface area contributed by atoms with Crippen LogP contribution < -0.4 is 5.32 Å². The average molecular weight is 371 g/mol. The van der Waals surface area contributed by atoms with Crippen LogP contribution in [0.15, 0.2) is 36.9 Å². The first-order valence-electron chi connectivity index (χ1n) is 8.68. The SMILES string of the molecule is Cc1cccc(CNc2ncnc3c2ncn3C2O[C@H](CO)[C@@H](O)[C@H]2O)c1. The molecule has 3 heterocycles. The maximum atomic E-state index is 10.2. The third kappa shape index (κ3) is 3.26. The van der Waals surface area contributed by atoms with Crippen molar-refractivity contribution in [2.75, 3.05) is 11.9 Å². The summed E-state index contributed by atoms with van der Waals surface area (Å²) in [4.78, 5) is 12.8. The smallest absolute Gasteiger partial charge is 0.167 e. The standard InChI is InChI=1S/C18H21N5O4/c1-10-3-2-4-11(5-10)6-19-16-13-17(21-8-20-16)23(9-22-13)18-15(26)14(25)12(7-24)27-18/h2-5,8-9,12,14-15,18,24-26H,6-7H2,1H3,(H,19,20,21)/t12-,14-,15-,18?/m1/s1. The molecule has 9 nitrogen and oxygen atoms in total. The molecule has 3 aromatic rings. The summed E-state index contributed by atoms with van der Waals surface area (Å²) in [5.74, 6) is 0.562. The summed E-state index contributed by atoms with van der Waals surface area (Å²) >= 11 is 0. The minimum absolute atomic E-state index is 0.389. The zero-order valence-corrected chi connectivity index (χ0v) is 14.7. The third-order valence-corrected chi connectivity index (χ3v) is 4.69. The van der Waals surface area contributed by atoms with E-state index in [9.17, 15) is 15.3 Å². The van der Waals surface area contributed by atoms with E-state index >= 15 is 0 Å². The molecule has 1 saturated heterocycles. The Morgan fingerprint density at radius 1 is 1.19 bits per heavy atom. The minimum Gasteiger partial charge on any atom is -0.394 e. The van der Waals surface area contributed by atoms with Gasteiger partial charge in [0.05, 0.1) is 12.9 Å². The number of aryl methyl sites for hydroxylation is 1. The van der Waals surface area contributed by atoms with E-state index < -0.39 is 24.5 Å². The lowest BCUT2D eigenvalue weighted by Gasteiger charge is -2.16. The van der Waals surface area contributed by atoms with E-state index in [1.54, 1.807) is 4.57 Å². The Bertz CT molecular complexity index is 946. The van der Waals surface area contributed by atoms with E-state index in [1.807, 2.05) is 25.1 Å².